The Bertz CT molecular complexity index is 620. The second-order valence-corrected chi connectivity index (χ2v) is 5.26. The van der Waals surface area contributed by atoms with Crippen molar-refractivity contribution < 1.29 is 9.50 Å². The number of halogens is 1. The summed E-state index contributed by atoms with van der Waals surface area (Å²) in [4.78, 5) is 8.13. The van der Waals surface area contributed by atoms with Gasteiger partial charge in [0, 0.05) is 0 Å². The highest BCUT2D eigenvalue weighted by atomic mass is 19.1. The number of benzene rings is 1. The van der Waals surface area contributed by atoms with Crippen molar-refractivity contribution in [3.05, 3.63) is 24.0 Å². The number of hydrogen-bond donors (Lipinski definition) is 3. The predicted octanol–water partition coefficient (Wildman–Crippen LogP) is 2.56. The Kier molecular flexibility index (Phi) is 4.90. The van der Waals surface area contributed by atoms with Gasteiger partial charge in [-0.3, -0.25) is 0 Å². The fraction of sp³-hybridized carbons (Fsp3) is 0.467. The van der Waals surface area contributed by atoms with Crippen LogP contribution in [0.4, 0.5) is 16.2 Å². The van der Waals surface area contributed by atoms with Crippen LogP contribution in [-0.2, 0) is 0 Å². The standard InChI is InChI=1S/C15H21FN4O/c1-3-5-9(2)12(8-21)18-14-13-10(16)6-4-7-11(13)19-15(17)20-14/h4,6-7,9,12,21H,3,5,8H2,1-2H3,(H3,17,18,19,20)/t9-,12-/m0/s1. The topological polar surface area (TPSA) is 84.1 Å². The maximum absolute atomic E-state index is 14.1. The van der Waals surface area contributed by atoms with E-state index < -0.39 is 5.82 Å². The molecule has 0 aliphatic rings. The van der Waals surface area contributed by atoms with Crippen LogP contribution >= 0.6 is 0 Å². The van der Waals surface area contributed by atoms with Crippen molar-refractivity contribution >= 4 is 22.7 Å². The van der Waals surface area contributed by atoms with Gasteiger partial charge in [0.25, 0.3) is 0 Å². The maximum atomic E-state index is 14.1. The molecule has 2 aromatic rings. The third-order valence-electron chi connectivity index (χ3n) is 3.64. The van der Waals surface area contributed by atoms with Crippen molar-refractivity contribution in [2.24, 2.45) is 5.92 Å². The van der Waals surface area contributed by atoms with Gasteiger partial charge in [-0.1, -0.05) is 26.3 Å². The van der Waals surface area contributed by atoms with Crippen LogP contribution in [0.1, 0.15) is 26.7 Å². The van der Waals surface area contributed by atoms with E-state index in [1.807, 2.05) is 6.92 Å². The van der Waals surface area contributed by atoms with E-state index in [-0.39, 0.29) is 24.5 Å². The summed E-state index contributed by atoms with van der Waals surface area (Å²) in [7, 11) is 0. The average Bonchev–Trinajstić information content (AvgIpc) is 2.44. The molecule has 0 fully saturated rings. The summed E-state index contributed by atoms with van der Waals surface area (Å²) in [5, 5.41) is 13.0. The minimum atomic E-state index is -0.408. The van der Waals surface area contributed by atoms with Crippen LogP contribution in [0, 0.1) is 11.7 Å². The Hall–Kier alpha value is -1.95. The summed E-state index contributed by atoms with van der Waals surface area (Å²) in [5.74, 6) is 0.237. The van der Waals surface area contributed by atoms with Gasteiger partial charge in [0.15, 0.2) is 0 Å². The number of fused-ring (bicyclic) bond motifs is 1. The Morgan fingerprint density at radius 1 is 1.38 bits per heavy atom. The first kappa shape index (κ1) is 15.4. The Morgan fingerprint density at radius 2 is 2.14 bits per heavy atom. The Balaban J connectivity index is 2.41. The summed E-state index contributed by atoms with van der Waals surface area (Å²) < 4.78 is 14.1. The fourth-order valence-electron chi connectivity index (χ4n) is 2.46. The number of aliphatic hydroxyl groups is 1. The molecule has 6 heteroatoms. The average molecular weight is 292 g/mol. The van der Waals surface area contributed by atoms with Gasteiger partial charge in [-0.2, -0.15) is 4.98 Å². The van der Waals surface area contributed by atoms with Crippen molar-refractivity contribution in [1.82, 2.24) is 9.97 Å². The lowest BCUT2D eigenvalue weighted by atomic mass is 9.97. The monoisotopic (exact) mass is 292 g/mol. The molecule has 1 heterocycles. The van der Waals surface area contributed by atoms with Crippen LogP contribution in [0.3, 0.4) is 0 Å². The van der Waals surface area contributed by atoms with Gasteiger partial charge < -0.3 is 16.2 Å². The summed E-state index contributed by atoms with van der Waals surface area (Å²) in [6.45, 7) is 4.07. The molecule has 0 saturated heterocycles. The lowest BCUT2D eigenvalue weighted by Gasteiger charge is -2.24. The molecule has 0 amide bonds. The Labute approximate surface area is 123 Å². The number of hydrogen-bond acceptors (Lipinski definition) is 5. The normalized spacial score (nSPS) is 14.1. The molecule has 0 aliphatic carbocycles. The molecule has 0 bridgehead atoms. The highest BCUT2D eigenvalue weighted by Crippen LogP contribution is 2.26. The molecular weight excluding hydrogens is 271 g/mol. The minimum Gasteiger partial charge on any atom is -0.394 e. The first-order valence-electron chi connectivity index (χ1n) is 7.16. The lowest BCUT2D eigenvalue weighted by molar-refractivity contribution is 0.238. The largest absolute Gasteiger partial charge is 0.394 e. The third-order valence-corrected chi connectivity index (χ3v) is 3.64. The van der Waals surface area contributed by atoms with Crippen LogP contribution in [0.15, 0.2) is 18.2 Å². The third kappa shape index (κ3) is 3.39. The molecular formula is C15H21FN4O. The van der Waals surface area contributed by atoms with Gasteiger partial charge >= 0.3 is 0 Å². The van der Waals surface area contributed by atoms with Crippen LogP contribution in [0.2, 0.25) is 0 Å². The molecule has 4 N–H and O–H groups in total. The SMILES string of the molecule is CCC[C@H](C)[C@H](CO)Nc1nc(N)nc2cccc(F)c12. The van der Waals surface area contributed by atoms with Gasteiger partial charge in [-0.15, -0.1) is 0 Å². The van der Waals surface area contributed by atoms with Gasteiger partial charge in [0.05, 0.1) is 23.6 Å². The molecule has 0 radical (unpaired) electrons. The molecule has 2 rings (SSSR count). The Morgan fingerprint density at radius 3 is 2.81 bits per heavy atom. The second kappa shape index (κ2) is 6.67. The van der Waals surface area contributed by atoms with Crippen LogP contribution < -0.4 is 11.1 Å². The number of rotatable bonds is 6. The smallest absolute Gasteiger partial charge is 0.222 e. The molecule has 5 nitrogen and oxygen atoms in total. The van der Waals surface area contributed by atoms with E-state index in [0.29, 0.717) is 16.7 Å². The van der Waals surface area contributed by atoms with Crippen molar-refractivity contribution in [1.29, 1.82) is 0 Å². The van der Waals surface area contributed by atoms with Crippen molar-refractivity contribution in [2.75, 3.05) is 17.7 Å². The molecule has 0 spiro atoms. The van der Waals surface area contributed by atoms with E-state index in [4.69, 9.17) is 5.73 Å². The van der Waals surface area contributed by atoms with E-state index in [2.05, 4.69) is 22.2 Å². The van der Waals surface area contributed by atoms with E-state index in [1.54, 1.807) is 12.1 Å². The number of nitrogens with zero attached hydrogens (tertiary/aromatic N) is 2. The predicted molar refractivity (Wildman–Crippen MR) is 82.5 cm³/mol. The second-order valence-electron chi connectivity index (χ2n) is 5.26. The zero-order chi connectivity index (χ0) is 15.4. The van der Waals surface area contributed by atoms with E-state index in [1.165, 1.54) is 6.07 Å². The lowest BCUT2D eigenvalue weighted by Crippen LogP contribution is -2.31. The number of aliphatic hydroxyl groups excluding tert-OH is 1. The summed E-state index contributed by atoms with van der Waals surface area (Å²) >= 11 is 0. The molecule has 0 unspecified atom stereocenters. The van der Waals surface area contributed by atoms with Gasteiger partial charge in [0.1, 0.15) is 11.6 Å². The molecule has 1 aromatic carbocycles. The highest BCUT2D eigenvalue weighted by molar-refractivity contribution is 5.90. The summed E-state index contributed by atoms with van der Waals surface area (Å²) in [6.07, 6.45) is 1.97. The quantitative estimate of drug-likeness (QED) is 0.762. The van der Waals surface area contributed by atoms with Crippen molar-refractivity contribution in [2.45, 2.75) is 32.7 Å². The first-order valence-corrected chi connectivity index (χ1v) is 7.16. The molecule has 1 aromatic heterocycles. The van der Waals surface area contributed by atoms with Crippen LogP contribution in [0.25, 0.3) is 10.9 Å². The number of aromatic nitrogens is 2. The zero-order valence-electron chi connectivity index (χ0n) is 12.3. The zero-order valence-corrected chi connectivity index (χ0v) is 12.3. The molecule has 0 aliphatic heterocycles. The summed E-state index contributed by atoms with van der Waals surface area (Å²) in [6, 6.07) is 4.42. The van der Waals surface area contributed by atoms with E-state index in [9.17, 15) is 9.50 Å². The molecule has 0 saturated carbocycles. The first-order chi connectivity index (χ1) is 10.1. The highest BCUT2D eigenvalue weighted by Gasteiger charge is 2.19. The van der Waals surface area contributed by atoms with Crippen LogP contribution in [0.5, 0.6) is 0 Å². The summed E-state index contributed by atoms with van der Waals surface area (Å²) in [5.41, 5.74) is 6.13. The molecule has 114 valence electrons. The van der Waals surface area contributed by atoms with Crippen molar-refractivity contribution in [3.8, 4) is 0 Å². The van der Waals surface area contributed by atoms with Gasteiger partial charge in [0.2, 0.25) is 5.95 Å². The van der Waals surface area contributed by atoms with Gasteiger partial charge in [-0.25, -0.2) is 9.37 Å². The van der Waals surface area contributed by atoms with Crippen LogP contribution in [-0.4, -0.2) is 27.7 Å². The van der Waals surface area contributed by atoms with Crippen molar-refractivity contribution in [3.63, 3.8) is 0 Å². The number of nitrogens with two attached hydrogens (primary N) is 1. The van der Waals surface area contributed by atoms with E-state index >= 15 is 0 Å². The molecule has 21 heavy (non-hydrogen) atoms. The minimum absolute atomic E-state index is 0.0545. The maximum Gasteiger partial charge on any atom is 0.222 e. The number of nitrogen functional groups attached to an aromatic ring is 1. The van der Waals surface area contributed by atoms with Gasteiger partial charge in [-0.05, 0) is 24.5 Å². The number of nitrogens with one attached hydrogen (secondary N) is 1. The van der Waals surface area contributed by atoms with E-state index in [0.717, 1.165) is 12.8 Å². The fourth-order valence-corrected chi connectivity index (χ4v) is 2.46. The number of anilines is 2. The molecule has 2 atom stereocenters.